The Morgan fingerprint density at radius 1 is 1.30 bits per heavy atom. The molecule has 0 spiro atoms. The predicted molar refractivity (Wildman–Crippen MR) is 104 cm³/mol. The fraction of sp³-hybridized carbons (Fsp3) is 0.333. The van der Waals surface area contributed by atoms with E-state index in [-0.39, 0.29) is 12.1 Å². The summed E-state index contributed by atoms with van der Waals surface area (Å²) in [7, 11) is 0. The number of furan rings is 1. The number of anilines is 1. The molecule has 0 radical (unpaired) electrons. The lowest BCUT2D eigenvalue weighted by atomic mass is 10.2. The summed E-state index contributed by atoms with van der Waals surface area (Å²) in [4.78, 5) is 19.2. The van der Waals surface area contributed by atoms with Crippen LogP contribution in [0.25, 0.3) is 11.0 Å². The van der Waals surface area contributed by atoms with Crippen LogP contribution in [0.4, 0.5) is 10.5 Å². The maximum Gasteiger partial charge on any atom is 0.322 e. The number of para-hydroxylation sites is 1. The molecule has 3 heterocycles. The Labute approximate surface area is 158 Å². The fourth-order valence-electron chi connectivity index (χ4n) is 3.43. The van der Waals surface area contributed by atoms with E-state index in [0.717, 1.165) is 36.3 Å². The van der Waals surface area contributed by atoms with E-state index in [1.165, 1.54) is 0 Å². The Morgan fingerprint density at radius 3 is 3.00 bits per heavy atom. The summed E-state index contributed by atoms with van der Waals surface area (Å²) in [6, 6.07) is 13.2. The van der Waals surface area contributed by atoms with Crippen LogP contribution in [0.3, 0.4) is 0 Å². The third-order valence-electron chi connectivity index (χ3n) is 4.72. The number of nitrogens with zero attached hydrogens (tertiary/aromatic N) is 2. The number of hydrogen-bond donors (Lipinski definition) is 1. The van der Waals surface area contributed by atoms with Gasteiger partial charge in [0, 0.05) is 24.7 Å². The molecule has 1 fully saturated rings. The summed E-state index contributed by atoms with van der Waals surface area (Å²) < 4.78 is 11.5. The first-order valence-corrected chi connectivity index (χ1v) is 9.25. The van der Waals surface area contributed by atoms with E-state index in [0.29, 0.717) is 24.4 Å². The Kier molecular flexibility index (Phi) is 5.07. The average Bonchev–Trinajstić information content (AvgIpc) is 3.31. The van der Waals surface area contributed by atoms with Crippen molar-refractivity contribution in [2.45, 2.75) is 32.4 Å². The maximum atomic E-state index is 13.0. The van der Waals surface area contributed by atoms with Gasteiger partial charge in [-0.3, -0.25) is 4.98 Å². The zero-order valence-electron chi connectivity index (χ0n) is 15.4. The molecule has 1 N–H and O–H groups in total. The van der Waals surface area contributed by atoms with E-state index in [2.05, 4.69) is 10.3 Å². The van der Waals surface area contributed by atoms with Gasteiger partial charge in [0.1, 0.15) is 5.76 Å². The molecule has 3 aromatic rings. The number of hydrogen-bond acceptors (Lipinski definition) is 4. The number of carbonyl (C=O) groups is 1. The van der Waals surface area contributed by atoms with Gasteiger partial charge in [-0.15, -0.1) is 0 Å². The second kappa shape index (κ2) is 7.80. The molecule has 6 heteroatoms. The first-order valence-electron chi connectivity index (χ1n) is 9.25. The number of pyridine rings is 1. The molecular formula is C21H23N3O3. The Hall–Kier alpha value is -2.86. The van der Waals surface area contributed by atoms with Gasteiger partial charge in [-0.05, 0) is 44.0 Å². The number of urea groups is 1. The molecular weight excluding hydrogens is 342 g/mol. The van der Waals surface area contributed by atoms with Crippen LogP contribution < -0.4 is 5.32 Å². The van der Waals surface area contributed by atoms with Crippen molar-refractivity contribution in [3.8, 4) is 0 Å². The Morgan fingerprint density at radius 2 is 2.22 bits per heavy atom. The van der Waals surface area contributed by atoms with Gasteiger partial charge in [-0.25, -0.2) is 4.79 Å². The Bertz CT molecular complexity index is 917. The van der Waals surface area contributed by atoms with Gasteiger partial charge in [0.15, 0.2) is 5.58 Å². The van der Waals surface area contributed by atoms with Crippen LogP contribution in [0.5, 0.6) is 0 Å². The van der Waals surface area contributed by atoms with Crippen LogP contribution in [0.1, 0.15) is 24.3 Å². The van der Waals surface area contributed by atoms with Gasteiger partial charge in [0.25, 0.3) is 0 Å². The van der Waals surface area contributed by atoms with Crippen molar-refractivity contribution >= 4 is 22.7 Å². The number of carbonyl (C=O) groups excluding carboxylic acids is 1. The summed E-state index contributed by atoms with van der Waals surface area (Å²) in [5.41, 5.74) is 2.21. The lowest BCUT2D eigenvalue weighted by Gasteiger charge is -2.25. The molecule has 0 unspecified atom stereocenters. The van der Waals surface area contributed by atoms with Crippen LogP contribution in [-0.4, -0.2) is 35.2 Å². The monoisotopic (exact) mass is 365 g/mol. The summed E-state index contributed by atoms with van der Waals surface area (Å²) in [5, 5.41) is 3.98. The van der Waals surface area contributed by atoms with Crippen LogP contribution >= 0.6 is 0 Å². The lowest BCUT2D eigenvalue weighted by Crippen LogP contribution is -2.39. The molecule has 4 rings (SSSR count). The molecule has 2 amide bonds. The second-order valence-corrected chi connectivity index (χ2v) is 6.85. The maximum absolute atomic E-state index is 13.0. The largest absolute Gasteiger partial charge is 0.459 e. The van der Waals surface area contributed by atoms with E-state index >= 15 is 0 Å². The molecule has 6 nitrogen and oxygen atoms in total. The van der Waals surface area contributed by atoms with Crippen molar-refractivity contribution in [2.75, 3.05) is 18.5 Å². The molecule has 1 aliphatic heterocycles. The fourth-order valence-corrected chi connectivity index (χ4v) is 3.43. The third-order valence-corrected chi connectivity index (χ3v) is 4.72. The van der Waals surface area contributed by atoms with Gasteiger partial charge in [0.05, 0.1) is 24.0 Å². The first kappa shape index (κ1) is 17.5. The normalized spacial score (nSPS) is 16.6. The third kappa shape index (κ3) is 4.11. The lowest BCUT2D eigenvalue weighted by molar-refractivity contribution is 0.0816. The highest BCUT2D eigenvalue weighted by Gasteiger charge is 2.24. The minimum absolute atomic E-state index is 0.0705. The minimum atomic E-state index is -0.183. The summed E-state index contributed by atoms with van der Waals surface area (Å²) in [6.45, 7) is 3.63. The number of nitrogens with one attached hydrogen (secondary N) is 1. The zero-order chi connectivity index (χ0) is 18.6. The highest BCUT2D eigenvalue weighted by molar-refractivity contribution is 5.99. The Balaban J connectivity index is 1.55. The number of rotatable bonds is 5. The van der Waals surface area contributed by atoms with E-state index < -0.39 is 0 Å². The first-order chi connectivity index (χ1) is 13.2. The molecule has 1 aliphatic rings. The van der Waals surface area contributed by atoms with Crippen molar-refractivity contribution in [2.24, 2.45) is 0 Å². The van der Waals surface area contributed by atoms with Crippen LogP contribution in [-0.2, 0) is 11.3 Å². The van der Waals surface area contributed by atoms with Crippen LogP contribution in [0.2, 0.25) is 0 Å². The topological polar surface area (TPSA) is 67.6 Å². The number of aromatic nitrogens is 1. The van der Waals surface area contributed by atoms with Gasteiger partial charge >= 0.3 is 6.03 Å². The molecule has 2 aromatic heterocycles. The van der Waals surface area contributed by atoms with E-state index in [4.69, 9.17) is 9.15 Å². The van der Waals surface area contributed by atoms with Crippen molar-refractivity contribution in [3.63, 3.8) is 0 Å². The quantitative estimate of drug-likeness (QED) is 0.730. The highest BCUT2D eigenvalue weighted by Crippen LogP contribution is 2.27. The van der Waals surface area contributed by atoms with E-state index in [1.54, 1.807) is 11.1 Å². The zero-order valence-corrected chi connectivity index (χ0v) is 15.4. The molecule has 0 aliphatic carbocycles. The summed E-state index contributed by atoms with van der Waals surface area (Å²) in [6.07, 6.45) is 3.82. The van der Waals surface area contributed by atoms with Gasteiger partial charge < -0.3 is 19.4 Å². The molecule has 0 saturated carbocycles. The molecule has 0 bridgehead atoms. The van der Waals surface area contributed by atoms with E-state index in [1.807, 2.05) is 49.4 Å². The number of fused-ring (bicyclic) bond motifs is 1. The van der Waals surface area contributed by atoms with Gasteiger partial charge in [-0.2, -0.15) is 0 Å². The van der Waals surface area contributed by atoms with Crippen molar-refractivity contribution in [3.05, 3.63) is 60.1 Å². The van der Waals surface area contributed by atoms with Gasteiger partial charge in [-0.1, -0.05) is 18.2 Å². The molecule has 140 valence electrons. The average molecular weight is 365 g/mol. The minimum Gasteiger partial charge on any atom is -0.459 e. The second-order valence-electron chi connectivity index (χ2n) is 6.85. The van der Waals surface area contributed by atoms with Crippen LogP contribution in [0.15, 0.2) is 53.1 Å². The van der Waals surface area contributed by atoms with Crippen LogP contribution in [0, 0.1) is 6.92 Å². The smallest absolute Gasteiger partial charge is 0.322 e. The number of ether oxygens (including phenoxy) is 1. The standard InChI is InChI=1S/C21H23N3O3/c1-15-12-16-6-4-9-19(20(16)27-15)23-21(25)24(14-18-8-5-11-26-18)13-17-7-2-3-10-22-17/h2-4,6-7,9-10,12,18H,5,8,11,13-14H2,1H3,(H,23,25)/t18-/m1/s1. The highest BCUT2D eigenvalue weighted by atomic mass is 16.5. The van der Waals surface area contributed by atoms with Crippen molar-refractivity contribution in [1.82, 2.24) is 9.88 Å². The molecule has 1 saturated heterocycles. The van der Waals surface area contributed by atoms with Crippen molar-refractivity contribution in [1.29, 1.82) is 0 Å². The summed E-state index contributed by atoms with van der Waals surface area (Å²) in [5.74, 6) is 0.816. The number of aryl methyl sites for hydroxylation is 1. The van der Waals surface area contributed by atoms with Gasteiger partial charge in [0.2, 0.25) is 0 Å². The molecule has 27 heavy (non-hydrogen) atoms. The van der Waals surface area contributed by atoms with E-state index in [9.17, 15) is 4.79 Å². The molecule has 1 aromatic carbocycles. The summed E-state index contributed by atoms with van der Waals surface area (Å²) >= 11 is 0. The number of benzene rings is 1. The van der Waals surface area contributed by atoms with Crippen molar-refractivity contribution < 1.29 is 13.9 Å². The molecule has 1 atom stereocenters. The SMILES string of the molecule is Cc1cc2cccc(NC(=O)N(Cc3ccccn3)C[C@H]3CCCO3)c2o1. The predicted octanol–water partition coefficient (Wildman–Crippen LogP) is 4.35. The number of amides is 2.